The molecule has 0 aliphatic rings. The molecular weight excluding hydrogens is 212 g/mol. The van der Waals surface area contributed by atoms with Crippen molar-refractivity contribution >= 4 is 24.0 Å². The molecule has 0 heterocycles. The topological polar surface area (TPSA) is 26.0 Å². The molecule has 1 aromatic carbocycles. The highest BCUT2D eigenvalue weighted by atomic mass is 35.5. The molecule has 0 fully saturated rings. The molecule has 1 nitrogen and oxygen atoms in total. The molecule has 0 aliphatic heterocycles. The molecule has 0 bridgehead atoms. The van der Waals surface area contributed by atoms with Crippen LogP contribution in [0, 0.1) is 12.7 Å². The summed E-state index contributed by atoms with van der Waals surface area (Å²) in [7, 11) is 0. The Morgan fingerprint density at radius 2 is 2.08 bits per heavy atom. The lowest BCUT2D eigenvalue weighted by Crippen LogP contribution is -2.05. The Kier molecular flexibility index (Phi) is 5.30. The fourth-order valence-corrected chi connectivity index (χ4v) is 1.34. The first kappa shape index (κ1) is 12.7. The van der Waals surface area contributed by atoms with Gasteiger partial charge in [-0.2, -0.15) is 0 Å². The summed E-state index contributed by atoms with van der Waals surface area (Å²) in [5.74, 6) is -0.268. The Bertz CT molecular complexity index is 289. The van der Waals surface area contributed by atoms with Crippen molar-refractivity contribution in [2.24, 2.45) is 5.73 Å². The van der Waals surface area contributed by atoms with Gasteiger partial charge in [0.15, 0.2) is 0 Å². The predicted octanol–water partition coefficient (Wildman–Crippen LogP) is 2.71. The van der Waals surface area contributed by atoms with Crippen molar-refractivity contribution < 1.29 is 4.39 Å². The van der Waals surface area contributed by atoms with Crippen molar-refractivity contribution in [2.75, 3.05) is 6.54 Å². The molecular formula is C9H12Cl2FN. The molecule has 13 heavy (non-hydrogen) atoms. The van der Waals surface area contributed by atoms with E-state index in [9.17, 15) is 4.39 Å². The summed E-state index contributed by atoms with van der Waals surface area (Å²) in [6.45, 7) is 2.27. The molecule has 0 spiro atoms. The van der Waals surface area contributed by atoms with Gasteiger partial charge in [-0.3, -0.25) is 0 Å². The molecule has 0 atom stereocenters. The van der Waals surface area contributed by atoms with Gasteiger partial charge in [-0.1, -0.05) is 17.7 Å². The van der Waals surface area contributed by atoms with E-state index in [0.29, 0.717) is 23.6 Å². The highest BCUT2D eigenvalue weighted by molar-refractivity contribution is 6.32. The van der Waals surface area contributed by atoms with E-state index in [-0.39, 0.29) is 18.2 Å². The summed E-state index contributed by atoms with van der Waals surface area (Å²) in [6.07, 6.45) is 0.492. The number of hydrogen-bond donors (Lipinski definition) is 1. The zero-order chi connectivity index (χ0) is 9.14. The van der Waals surface area contributed by atoms with Crippen LogP contribution < -0.4 is 5.73 Å². The van der Waals surface area contributed by atoms with Crippen molar-refractivity contribution in [1.82, 2.24) is 0 Å². The predicted molar refractivity (Wildman–Crippen MR) is 56.2 cm³/mol. The van der Waals surface area contributed by atoms with Crippen LogP contribution in [-0.4, -0.2) is 6.54 Å². The monoisotopic (exact) mass is 223 g/mol. The van der Waals surface area contributed by atoms with E-state index in [1.54, 1.807) is 6.07 Å². The number of aryl methyl sites for hydroxylation is 1. The molecule has 4 heteroatoms. The summed E-state index contributed by atoms with van der Waals surface area (Å²) < 4.78 is 13.1. The fourth-order valence-electron chi connectivity index (χ4n) is 1.09. The molecule has 1 rings (SSSR count). The summed E-state index contributed by atoms with van der Waals surface area (Å²) in [4.78, 5) is 0. The maximum absolute atomic E-state index is 13.1. The smallest absolute Gasteiger partial charge is 0.127 e. The minimum absolute atomic E-state index is 0. The zero-order valence-electron chi connectivity index (χ0n) is 7.31. The number of rotatable bonds is 2. The summed E-state index contributed by atoms with van der Waals surface area (Å²) >= 11 is 5.88. The lowest BCUT2D eigenvalue weighted by molar-refractivity contribution is 0.609. The van der Waals surface area contributed by atoms with Crippen LogP contribution in [0.2, 0.25) is 5.02 Å². The van der Waals surface area contributed by atoms with Gasteiger partial charge < -0.3 is 5.73 Å². The van der Waals surface area contributed by atoms with Crippen molar-refractivity contribution in [1.29, 1.82) is 0 Å². The van der Waals surface area contributed by atoms with Crippen LogP contribution in [-0.2, 0) is 6.42 Å². The van der Waals surface area contributed by atoms with Crippen LogP contribution >= 0.6 is 24.0 Å². The van der Waals surface area contributed by atoms with E-state index in [2.05, 4.69) is 0 Å². The molecule has 0 saturated heterocycles. The Morgan fingerprint density at radius 3 is 2.62 bits per heavy atom. The van der Waals surface area contributed by atoms with Gasteiger partial charge in [-0.25, -0.2) is 4.39 Å². The van der Waals surface area contributed by atoms with Crippen molar-refractivity contribution in [2.45, 2.75) is 13.3 Å². The third kappa shape index (κ3) is 2.83. The van der Waals surface area contributed by atoms with E-state index >= 15 is 0 Å². The summed E-state index contributed by atoms with van der Waals surface area (Å²) in [5, 5.41) is 0.500. The Hall–Kier alpha value is -0.310. The van der Waals surface area contributed by atoms with Crippen molar-refractivity contribution in [3.8, 4) is 0 Å². The first-order chi connectivity index (χ1) is 5.66. The zero-order valence-corrected chi connectivity index (χ0v) is 8.88. The lowest BCUT2D eigenvalue weighted by Gasteiger charge is -2.06. The normalized spacial score (nSPS) is 9.54. The van der Waals surface area contributed by atoms with E-state index in [1.165, 1.54) is 6.07 Å². The minimum Gasteiger partial charge on any atom is -0.330 e. The molecule has 0 saturated carbocycles. The summed E-state index contributed by atoms with van der Waals surface area (Å²) in [6, 6.07) is 3.09. The fraction of sp³-hybridized carbons (Fsp3) is 0.333. The average molecular weight is 224 g/mol. The second kappa shape index (κ2) is 5.43. The van der Waals surface area contributed by atoms with Gasteiger partial charge in [-0.15, -0.1) is 12.4 Å². The highest BCUT2D eigenvalue weighted by Gasteiger charge is 2.07. The molecule has 0 radical (unpaired) electrons. The Balaban J connectivity index is 0.00000144. The average Bonchev–Trinajstić information content (AvgIpc) is 2.06. The van der Waals surface area contributed by atoms with Crippen LogP contribution in [0.25, 0.3) is 0 Å². The van der Waals surface area contributed by atoms with Crippen LogP contribution in [0.15, 0.2) is 12.1 Å². The first-order valence-corrected chi connectivity index (χ1v) is 4.18. The first-order valence-electron chi connectivity index (χ1n) is 3.80. The SMILES string of the molecule is Cc1ccc(F)c(CCN)c1Cl.Cl. The second-order valence-corrected chi connectivity index (χ2v) is 3.07. The van der Waals surface area contributed by atoms with Gasteiger partial charge in [-0.05, 0) is 31.5 Å². The maximum atomic E-state index is 13.1. The van der Waals surface area contributed by atoms with Crippen molar-refractivity contribution in [3.05, 3.63) is 34.1 Å². The number of benzene rings is 1. The maximum Gasteiger partial charge on any atom is 0.127 e. The quantitative estimate of drug-likeness (QED) is 0.821. The molecule has 0 unspecified atom stereocenters. The molecule has 1 aromatic rings. The standard InChI is InChI=1S/C9H11ClFN.ClH/c1-6-2-3-8(11)7(4-5-12)9(6)10;/h2-3H,4-5,12H2,1H3;1H. The summed E-state index contributed by atoms with van der Waals surface area (Å²) in [5.41, 5.74) is 6.74. The van der Waals surface area contributed by atoms with Crippen LogP contribution in [0.1, 0.15) is 11.1 Å². The van der Waals surface area contributed by atoms with Crippen LogP contribution in [0.5, 0.6) is 0 Å². The Morgan fingerprint density at radius 1 is 1.46 bits per heavy atom. The van der Waals surface area contributed by atoms with Crippen molar-refractivity contribution in [3.63, 3.8) is 0 Å². The van der Waals surface area contributed by atoms with Crippen LogP contribution in [0.4, 0.5) is 4.39 Å². The van der Waals surface area contributed by atoms with Crippen LogP contribution in [0.3, 0.4) is 0 Å². The highest BCUT2D eigenvalue weighted by Crippen LogP contribution is 2.23. The van der Waals surface area contributed by atoms with E-state index < -0.39 is 0 Å². The van der Waals surface area contributed by atoms with E-state index in [1.807, 2.05) is 6.92 Å². The van der Waals surface area contributed by atoms with Gasteiger partial charge in [0.05, 0.1) is 0 Å². The van der Waals surface area contributed by atoms with Gasteiger partial charge >= 0.3 is 0 Å². The third-order valence-electron chi connectivity index (χ3n) is 1.77. The van der Waals surface area contributed by atoms with E-state index in [4.69, 9.17) is 17.3 Å². The van der Waals surface area contributed by atoms with E-state index in [0.717, 1.165) is 5.56 Å². The largest absolute Gasteiger partial charge is 0.330 e. The number of halogens is 3. The molecule has 74 valence electrons. The van der Waals surface area contributed by atoms with Gasteiger partial charge in [0, 0.05) is 10.6 Å². The number of nitrogens with two attached hydrogens (primary N) is 1. The molecule has 0 amide bonds. The minimum atomic E-state index is -0.268. The lowest BCUT2D eigenvalue weighted by atomic mass is 10.1. The molecule has 2 N–H and O–H groups in total. The third-order valence-corrected chi connectivity index (χ3v) is 2.30. The molecule has 0 aromatic heterocycles. The number of hydrogen-bond acceptors (Lipinski definition) is 1. The van der Waals surface area contributed by atoms with Gasteiger partial charge in [0.2, 0.25) is 0 Å². The second-order valence-electron chi connectivity index (χ2n) is 2.70. The van der Waals surface area contributed by atoms with Gasteiger partial charge in [0.1, 0.15) is 5.82 Å². The Labute approximate surface area is 88.5 Å². The molecule has 0 aliphatic carbocycles. The van der Waals surface area contributed by atoms with Gasteiger partial charge in [0.25, 0.3) is 0 Å².